The average Bonchev–Trinajstić information content (AvgIpc) is 2.85. The summed E-state index contributed by atoms with van der Waals surface area (Å²) in [6.45, 7) is 2.05. The zero-order valence-corrected chi connectivity index (χ0v) is 13.3. The molecule has 1 aromatic heterocycles. The van der Waals surface area contributed by atoms with Crippen molar-refractivity contribution < 1.29 is 0 Å². The number of anilines is 2. The Morgan fingerprint density at radius 1 is 1.42 bits per heavy atom. The van der Waals surface area contributed by atoms with Crippen molar-refractivity contribution in [2.24, 2.45) is 0 Å². The summed E-state index contributed by atoms with van der Waals surface area (Å²) in [6, 6.07) is 6.79. The molecule has 1 atom stereocenters. The topological polar surface area (TPSA) is 38.0 Å². The van der Waals surface area contributed by atoms with E-state index >= 15 is 0 Å². The zero-order chi connectivity index (χ0) is 13.4. The molecule has 1 aromatic carbocycles. The Morgan fingerprint density at radius 3 is 3.11 bits per heavy atom. The minimum absolute atomic E-state index is 0.425. The molecule has 1 heterocycles. The van der Waals surface area contributed by atoms with E-state index in [9.17, 15) is 0 Å². The first kappa shape index (κ1) is 13.0. The molecule has 3 N–H and O–H groups in total. The van der Waals surface area contributed by atoms with Crippen molar-refractivity contribution in [2.75, 3.05) is 11.1 Å². The second-order valence-electron chi connectivity index (χ2n) is 5.08. The first-order valence-electron chi connectivity index (χ1n) is 6.53. The summed E-state index contributed by atoms with van der Waals surface area (Å²) in [5.74, 6) is 0. The Balaban J connectivity index is 1.89. The molecule has 19 heavy (non-hydrogen) atoms. The van der Waals surface area contributed by atoms with Crippen LogP contribution in [0, 0.1) is 6.92 Å². The number of benzene rings is 1. The third-order valence-electron chi connectivity index (χ3n) is 3.74. The number of hydrogen-bond acceptors (Lipinski definition) is 3. The van der Waals surface area contributed by atoms with E-state index < -0.39 is 0 Å². The number of nitrogen functional groups attached to an aromatic ring is 1. The predicted octanol–water partition coefficient (Wildman–Crippen LogP) is 4.89. The van der Waals surface area contributed by atoms with Crippen LogP contribution in [0.1, 0.15) is 34.9 Å². The Kier molecular flexibility index (Phi) is 3.54. The maximum atomic E-state index is 5.93. The standard InChI is InChI=1S/C15H17BrN2S/c1-9-7-14(11(16)8-12(9)17)18-13-3-2-4-15-10(13)5-6-19-15/h5-8,13,18H,2-4,17H2,1H3. The van der Waals surface area contributed by atoms with Crippen LogP contribution in [0.4, 0.5) is 11.4 Å². The van der Waals surface area contributed by atoms with Crippen LogP contribution in [0.5, 0.6) is 0 Å². The van der Waals surface area contributed by atoms with Crippen molar-refractivity contribution in [3.8, 4) is 0 Å². The molecule has 2 nitrogen and oxygen atoms in total. The third kappa shape index (κ3) is 2.51. The van der Waals surface area contributed by atoms with Gasteiger partial charge in [-0.15, -0.1) is 11.3 Å². The molecule has 0 radical (unpaired) electrons. The molecule has 0 saturated carbocycles. The van der Waals surface area contributed by atoms with Gasteiger partial charge in [0.25, 0.3) is 0 Å². The maximum Gasteiger partial charge on any atom is 0.0525 e. The van der Waals surface area contributed by atoms with Crippen molar-refractivity contribution in [2.45, 2.75) is 32.2 Å². The van der Waals surface area contributed by atoms with Crippen LogP contribution in [0.25, 0.3) is 0 Å². The largest absolute Gasteiger partial charge is 0.398 e. The maximum absolute atomic E-state index is 5.93. The molecule has 1 aliphatic rings. The zero-order valence-electron chi connectivity index (χ0n) is 10.9. The van der Waals surface area contributed by atoms with Gasteiger partial charge >= 0.3 is 0 Å². The average molecular weight is 337 g/mol. The Hall–Kier alpha value is -1.00. The van der Waals surface area contributed by atoms with Gasteiger partial charge in [-0.25, -0.2) is 0 Å². The van der Waals surface area contributed by atoms with Gasteiger partial charge in [-0.1, -0.05) is 0 Å². The first-order valence-corrected chi connectivity index (χ1v) is 8.21. The minimum atomic E-state index is 0.425. The molecule has 0 bridgehead atoms. The molecule has 4 heteroatoms. The molecule has 100 valence electrons. The molecular weight excluding hydrogens is 320 g/mol. The molecular formula is C15H17BrN2S. The molecule has 0 saturated heterocycles. The summed E-state index contributed by atoms with van der Waals surface area (Å²) < 4.78 is 1.04. The molecule has 0 amide bonds. The summed E-state index contributed by atoms with van der Waals surface area (Å²) >= 11 is 5.48. The SMILES string of the molecule is Cc1cc(NC2CCCc3sccc32)c(Br)cc1N. The van der Waals surface area contributed by atoms with E-state index in [1.807, 2.05) is 24.3 Å². The highest BCUT2D eigenvalue weighted by Gasteiger charge is 2.21. The molecule has 1 aliphatic carbocycles. The van der Waals surface area contributed by atoms with E-state index in [1.165, 1.54) is 29.7 Å². The summed E-state index contributed by atoms with van der Waals surface area (Å²) in [5.41, 5.74) is 10.5. The van der Waals surface area contributed by atoms with Gasteiger partial charge in [0.2, 0.25) is 0 Å². The number of nitrogens with two attached hydrogens (primary N) is 1. The van der Waals surface area contributed by atoms with Crippen LogP contribution in [-0.4, -0.2) is 0 Å². The number of rotatable bonds is 2. The van der Waals surface area contributed by atoms with Gasteiger partial charge in [0.1, 0.15) is 0 Å². The van der Waals surface area contributed by atoms with Crippen LogP contribution >= 0.6 is 27.3 Å². The molecule has 0 fully saturated rings. The second kappa shape index (κ2) is 5.17. The molecule has 0 aliphatic heterocycles. The number of thiophene rings is 1. The highest BCUT2D eigenvalue weighted by Crippen LogP contribution is 2.37. The normalized spacial score (nSPS) is 18.1. The predicted molar refractivity (Wildman–Crippen MR) is 86.9 cm³/mol. The van der Waals surface area contributed by atoms with E-state index in [1.54, 1.807) is 0 Å². The first-order chi connectivity index (χ1) is 9.15. The van der Waals surface area contributed by atoms with Gasteiger partial charge in [-0.2, -0.15) is 0 Å². The van der Waals surface area contributed by atoms with E-state index in [4.69, 9.17) is 5.73 Å². The third-order valence-corrected chi connectivity index (χ3v) is 5.39. The van der Waals surface area contributed by atoms with E-state index in [-0.39, 0.29) is 0 Å². The van der Waals surface area contributed by atoms with Crippen molar-refractivity contribution in [3.05, 3.63) is 44.1 Å². The fraction of sp³-hybridized carbons (Fsp3) is 0.333. The Labute approximate surface area is 126 Å². The minimum Gasteiger partial charge on any atom is -0.398 e. The van der Waals surface area contributed by atoms with Crippen molar-refractivity contribution >= 4 is 38.6 Å². The Morgan fingerprint density at radius 2 is 2.26 bits per heavy atom. The fourth-order valence-electron chi connectivity index (χ4n) is 2.63. The van der Waals surface area contributed by atoms with Gasteiger partial charge in [0, 0.05) is 20.7 Å². The fourth-order valence-corrected chi connectivity index (χ4v) is 4.09. The summed E-state index contributed by atoms with van der Waals surface area (Å²) in [4.78, 5) is 1.53. The van der Waals surface area contributed by atoms with E-state index in [0.717, 1.165) is 21.4 Å². The van der Waals surface area contributed by atoms with Crippen molar-refractivity contribution in [1.29, 1.82) is 0 Å². The molecule has 3 rings (SSSR count). The van der Waals surface area contributed by atoms with Gasteiger partial charge in [-0.05, 0) is 76.8 Å². The van der Waals surface area contributed by atoms with Crippen molar-refractivity contribution in [1.82, 2.24) is 0 Å². The smallest absolute Gasteiger partial charge is 0.0525 e. The highest BCUT2D eigenvalue weighted by atomic mass is 79.9. The van der Waals surface area contributed by atoms with Gasteiger partial charge in [0.15, 0.2) is 0 Å². The van der Waals surface area contributed by atoms with Crippen LogP contribution in [0.15, 0.2) is 28.1 Å². The number of aryl methyl sites for hydroxylation is 2. The number of hydrogen-bond donors (Lipinski definition) is 2. The summed E-state index contributed by atoms with van der Waals surface area (Å²) in [6.07, 6.45) is 3.68. The second-order valence-corrected chi connectivity index (χ2v) is 6.93. The van der Waals surface area contributed by atoms with E-state index in [0.29, 0.717) is 6.04 Å². The summed E-state index contributed by atoms with van der Waals surface area (Å²) in [7, 11) is 0. The van der Waals surface area contributed by atoms with Gasteiger partial charge in [-0.3, -0.25) is 0 Å². The lowest BCUT2D eigenvalue weighted by Crippen LogP contribution is -2.16. The quantitative estimate of drug-likeness (QED) is 0.766. The molecule has 0 spiro atoms. The molecule has 2 aromatic rings. The monoisotopic (exact) mass is 336 g/mol. The van der Waals surface area contributed by atoms with Gasteiger partial charge < -0.3 is 11.1 Å². The summed E-state index contributed by atoms with van der Waals surface area (Å²) in [5, 5.41) is 5.87. The van der Waals surface area contributed by atoms with Crippen molar-refractivity contribution in [3.63, 3.8) is 0 Å². The lowest BCUT2D eigenvalue weighted by molar-refractivity contribution is 0.608. The highest BCUT2D eigenvalue weighted by molar-refractivity contribution is 9.10. The number of halogens is 1. The Bertz CT molecular complexity index is 606. The van der Waals surface area contributed by atoms with Crippen LogP contribution in [-0.2, 0) is 6.42 Å². The lowest BCUT2D eigenvalue weighted by Gasteiger charge is -2.25. The van der Waals surface area contributed by atoms with Gasteiger partial charge in [0.05, 0.1) is 6.04 Å². The number of nitrogens with one attached hydrogen (secondary N) is 1. The van der Waals surface area contributed by atoms with E-state index in [2.05, 4.69) is 38.8 Å². The number of fused-ring (bicyclic) bond motifs is 1. The lowest BCUT2D eigenvalue weighted by atomic mass is 9.94. The van der Waals surface area contributed by atoms with Crippen LogP contribution in [0.3, 0.4) is 0 Å². The van der Waals surface area contributed by atoms with Crippen LogP contribution in [0.2, 0.25) is 0 Å². The molecule has 1 unspecified atom stereocenters. The van der Waals surface area contributed by atoms with Crippen LogP contribution < -0.4 is 11.1 Å².